The molecular formula is C16H23N3O. The van der Waals surface area contributed by atoms with E-state index < -0.39 is 0 Å². The molecule has 0 amide bonds. The number of aromatic nitrogens is 1. The second-order valence-electron chi connectivity index (χ2n) is 6.30. The fraction of sp³-hybridized carbons (Fsp3) is 0.438. The van der Waals surface area contributed by atoms with Crippen molar-refractivity contribution >= 4 is 17.1 Å². The van der Waals surface area contributed by atoms with Gasteiger partial charge in [-0.1, -0.05) is 32.0 Å². The Balaban J connectivity index is 2.16. The van der Waals surface area contributed by atoms with Gasteiger partial charge in [0.05, 0.1) is 5.56 Å². The Labute approximate surface area is 120 Å². The van der Waals surface area contributed by atoms with Gasteiger partial charge in [-0.3, -0.25) is 4.99 Å². The molecule has 0 bridgehead atoms. The summed E-state index contributed by atoms with van der Waals surface area (Å²) in [6.45, 7) is 6.09. The van der Waals surface area contributed by atoms with Gasteiger partial charge in [-0.15, -0.1) is 0 Å². The zero-order valence-electron chi connectivity index (χ0n) is 12.6. The zero-order chi connectivity index (χ0) is 14.8. The lowest BCUT2D eigenvalue weighted by Gasteiger charge is -2.26. The van der Waals surface area contributed by atoms with E-state index in [-0.39, 0.29) is 11.3 Å². The van der Waals surface area contributed by atoms with E-state index in [0.29, 0.717) is 0 Å². The number of H-pyrrole nitrogens is 1. The van der Waals surface area contributed by atoms with Gasteiger partial charge >= 0.3 is 0 Å². The van der Waals surface area contributed by atoms with Gasteiger partial charge in [0, 0.05) is 30.2 Å². The molecule has 2 rings (SSSR count). The summed E-state index contributed by atoms with van der Waals surface area (Å²) in [7, 11) is 4.13. The molecule has 0 aliphatic rings. The predicted molar refractivity (Wildman–Crippen MR) is 84.8 cm³/mol. The van der Waals surface area contributed by atoms with E-state index in [9.17, 15) is 5.11 Å². The Morgan fingerprint density at radius 1 is 1.30 bits per heavy atom. The van der Waals surface area contributed by atoms with E-state index >= 15 is 0 Å². The van der Waals surface area contributed by atoms with Crippen molar-refractivity contribution in [3.63, 3.8) is 0 Å². The number of benzene rings is 1. The quantitative estimate of drug-likeness (QED) is 0.823. The standard InChI is InChI=1S/C16H23N3O/c1-16(2,11-19(3)4)10-17-9-13-12-7-5-6-8-14(12)18-15(13)20/h5-9,18,20H,10-11H2,1-4H3. The number of aromatic hydroxyl groups is 1. The van der Waals surface area contributed by atoms with Gasteiger partial charge in [0.2, 0.25) is 0 Å². The van der Waals surface area contributed by atoms with Crippen LogP contribution < -0.4 is 0 Å². The Bertz CT molecular complexity index is 611. The van der Waals surface area contributed by atoms with Gasteiger partial charge in [-0.2, -0.15) is 0 Å². The van der Waals surface area contributed by atoms with Gasteiger partial charge in [0.25, 0.3) is 0 Å². The fourth-order valence-electron chi connectivity index (χ4n) is 2.57. The number of fused-ring (bicyclic) bond motifs is 1. The topological polar surface area (TPSA) is 51.6 Å². The normalized spacial score (nSPS) is 12.8. The molecule has 4 heteroatoms. The minimum absolute atomic E-state index is 0.113. The van der Waals surface area contributed by atoms with Crippen molar-refractivity contribution in [2.45, 2.75) is 13.8 Å². The summed E-state index contributed by atoms with van der Waals surface area (Å²) < 4.78 is 0. The smallest absolute Gasteiger partial charge is 0.198 e. The number of hydrogen-bond donors (Lipinski definition) is 2. The summed E-state index contributed by atoms with van der Waals surface area (Å²) in [5.74, 6) is 0.181. The zero-order valence-corrected chi connectivity index (χ0v) is 12.6. The van der Waals surface area contributed by atoms with E-state index in [1.807, 2.05) is 24.3 Å². The Kier molecular flexibility index (Phi) is 4.14. The molecule has 0 saturated carbocycles. The second-order valence-corrected chi connectivity index (χ2v) is 6.30. The molecule has 0 saturated heterocycles. The van der Waals surface area contributed by atoms with Crippen LogP contribution in [0.5, 0.6) is 5.88 Å². The van der Waals surface area contributed by atoms with Crippen molar-refractivity contribution in [1.29, 1.82) is 0 Å². The number of rotatable bonds is 5. The SMILES string of the molecule is CN(C)CC(C)(C)CN=Cc1c(O)[nH]c2ccccc12. The molecule has 0 radical (unpaired) electrons. The highest BCUT2D eigenvalue weighted by atomic mass is 16.3. The molecule has 20 heavy (non-hydrogen) atoms. The molecule has 1 aromatic carbocycles. The average molecular weight is 273 g/mol. The van der Waals surface area contributed by atoms with Crippen LogP contribution in [-0.2, 0) is 0 Å². The Morgan fingerprint density at radius 3 is 2.70 bits per heavy atom. The third-order valence-electron chi connectivity index (χ3n) is 3.21. The minimum Gasteiger partial charge on any atom is -0.494 e. The first-order chi connectivity index (χ1) is 9.39. The van der Waals surface area contributed by atoms with Gasteiger partial charge in [0.1, 0.15) is 0 Å². The number of hydrogen-bond acceptors (Lipinski definition) is 3. The van der Waals surface area contributed by atoms with Crippen LogP contribution in [0.25, 0.3) is 10.9 Å². The van der Waals surface area contributed by atoms with Crippen LogP contribution in [0, 0.1) is 5.41 Å². The molecule has 0 aliphatic carbocycles. The highest BCUT2D eigenvalue weighted by molar-refractivity contribution is 6.01. The van der Waals surface area contributed by atoms with Crippen LogP contribution >= 0.6 is 0 Å². The first-order valence-electron chi connectivity index (χ1n) is 6.83. The lowest BCUT2D eigenvalue weighted by atomic mass is 9.93. The summed E-state index contributed by atoms with van der Waals surface area (Å²) in [5.41, 5.74) is 1.81. The highest BCUT2D eigenvalue weighted by Gasteiger charge is 2.18. The van der Waals surface area contributed by atoms with Crippen LogP contribution in [0.15, 0.2) is 29.3 Å². The van der Waals surface area contributed by atoms with Crippen molar-refractivity contribution in [2.24, 2.45) is 10.4 Å². The summed E-state index contributed by atoms with van der Waals surface area (Å²) in [6, 6.07) is 7.84. The lowest BCUT2D eigenvalue weighted by Crippen LogP contribution is -2.30. The van der Waals surface area contributed by atoms with E-state index in [4.69, 9.17) is 0 Å². The van der Waals surface area contributed by atoms with E-state index in [1.54, 1.807) is 6.21 Å². The van der Waals surface area contributed by atoms with Gasteiger partial charge in [-0.25, -0.2) is 0 Å². The monoisotopic (exact) mass is 273 g/mol. The largest absolute Gasteiger partial charge is 0.494 e. The molecule has 108 valence electrons. The highest BCUT2D eigenvalue weighted by Crippen LogP contribution is 2.25. The average Bonchev–Trinajstić information content (AvgIpc) is 2.64. The van der Waals surface area contributed by atoms with Crippen LogP contribution in [-0.4, -0.2) is 48.4 Å². The third-order valence-corrected chi connectivity index (χ3v) is 3.21. The number of nitrogens with one attached hydrogen (secondary N) is 1. The molecule has 0 fully saturated rings. The maximum Gasteiger partial charge on any atom is 0.198 e. The maximum absolute atomic E-state index is 9.95. The predicted octanol–water partition coefficient (Wildman–Crippen LogP) is 2.88. The third kappa shape index (κ3) is 3.39. The van der Waals surface area contributed by atoms with Crippen LogP contribution in [0.2, 0.25) is 0 Å². The molecular weight excluding hydrogens is 250 g/mol. The number of para-hydroxylation sites is 1. The summed E-state index contributed by atoms with van der Waals surface area (Å²) in [5, 5.41) is 11.0. The second kappa shape index (κ2) is 5.67. The van der Waals surface area contributed by atoms with Gasteiger partial charge in [0.15, 0.2) is 5.88 Å². The lowest BCUT2D eigenvalue weighted by molar-refractivity contribution is 0.249. The molecule has 4 nitrogen and oxygen atoms in total. The van der Waals surface area contributed by atoms with Crippen molar-refractivity contribution in [2.75, 3.05) is 27.2 Å². The molecule has 0 unspecified atom stereocenters. The van der Waals surface area contributed by atoms with Crippen LogP contribution in [0.3, 0.4) is 0 Å². The molecule has 0 atom stereocenters. The van der Waals surface area contributed by atoms with Crippen molar-refractivity contribution in [3.8, 4) is 5.88 Å². The Morgan fingerprint density at radius 2 is 2.00 bits per heavy atom. The molecule has 1 heterocycles. The first kappa shape index (κ1) is 14.6. The molecule has 2 aromatic rings. The maximum atomic E-state index is 9.95. The Hall–Kier alpha value is -1.81. The summed E-state index contributed by atoms with van der Waals surface area (Å²) >= 11 is 0. The van der Waals surface area contributed by atoms with Crippen molar-refractivity contribution < 1.29 is 5.11 Å². The molecule has 0 aliphatic heterocycles. The van der Waals surface area contributed by atoms with E-state index in [1.165, 1.54) is 0 Å². The summed E-state index contributed by atoms with van der Waals surface area (Å²) in [4.78, 5) is 9.65. The molecule has 1 aromatic heterocycles. The van der Waals surface area contributed by atoms with Crippen molar-refractivity contribution in [3.05, 3.63) is 29.8 Å². The van der Waals surface area contributed by atoms with Crippen LogP contribution in [0.4, 0.5) is 0 Å². The number of aliphatic imine (C=N–C) groups is 1. The van der Waals surface area contributed by atoms with Crippen molar-refractivity contribution in [1.82, 2.24) is 9.88 Å². The van der Waals surface area contributed by atoms with E-state index in [2.05, 4.69) is 42.8 Å². The van der Waals surface area contributed by atoms with Gasteiger partial charge in [-0.05, 0) is 25.6 Å². The number of aromatic amines is 1. The minimum atomic E-state index is 0.113. The van der Waals surface area contributed by atoms with Gasteiger partial charge < -0.3 is 15.0 Å². The summed E-state index contributed by atoms with van der Waals surface area (Å²) in [6.07, 6.45) is 1.77. The number of nitrogens with zero attached hydrogens (tertiary/aromatic N) is 2. The molecule has 0 spiro atoms. The van der Waals surface area contributed by atoms with E-state index in [0.717, 1.165) is 29.6 Å². The fourth-order valence-corrected chi connectivity index (χ4v) is 2.57. The first-order valence-corrected chi connectivity index (χ1v) is 6.83. The van der Waals surface area contributed by atoms with Crippen LogP contribution in [0.1, 0.15) is 19.4 Å². The molecule has 2 N–H and O–H groups in total.